The van der Waals surface area contributed by atoms with Crippen LogP contribution < -0.4 is 0 Å². The Morgan fingerprint density at radius 2 is 2.20 bits per heavy atom. The van der Waals surface area contributed by atoms with Crippen LogP contribution >= 0.6 is 0 Å². The van der Waals surface area contributed by atoms with Crippen molar-refractivity contribution in [1.29, 1.82) is 0 Å². The van der Waals surface area contributed by atoms with Gasteiger partial charge in [0.25, 0.3) is 0 Å². The third kappa shape index (κ3) is 2.62. The summed E-state index contributed by atoms with van der Waals surface area (Å²) in [6, 6.07) is 0. The smallest absolute Gasteiger partial charge is 0.158 e. The number of ketones is 1. The lowest BCUT2D eigenvalue weighted by Gasteiger charge is -2.06. The fourth-order valence-electron chi connectivity index (χ4n) is 0.852. The van der Waals surface area contributed by atoms with Crippen molar-refractivity contribution in [3.05, 3.63) is 25.3 Å². The zero-order chi connectivity index (χ0) is 7.98. The van der Waals surface area contributed by atoms with Crippen molar-refractivity contribution in [2.45, 2.75) is 19.8 Å². The summed E-state index contributed by atoms with van der Waals surface area (Å²) < 4.78 is 0. The lowest BCUT2D eigenvalue weighted by atomic mass is 9.97. The van der Waals surface area contributed by atoms with E-state index in [-0.39, 0.29) is 11.7 Å². The number of carbonyl (C=O) groups excluding carboxylic acids is 1. The van der Waals surface area contributed by atoms with Gasteiger partial charge in [0.05, 0.1) is 0 Å². The second-order valence-corrected chi connectivity index (χ2v) is 2.24. The molecule has 0 heterocycles. The minimum Gasteiger partial charge on any atom is -0.295 e. The van der Waals surface area contributed by atoms with Crippen molar-refractivity contribution in [3.63, 3.8) is 0 Å². The maximum absolute atomic E-state index is 11.0. The molecule has 1 nitrogen and oxygen atoms in total. The quantitative estimate of drug-likeness (QED) is 0.421. The Balaban J connectivity index is 3.91. The molecule has 0 aromatic heterocycles. The molecule has 0 aliphatic carbocycles. The van der Waals surface area contributed by atoms with Gasteiger partial charge in [-0.15, -0.1) is 6.58 Å². The van der Waals surface area contributed by atoms with Crippen LogP contribution in [0.25, 0.3) is 0 Å². The fourth-order valence-corrected chi connectivity index (χ4v) is 0.852. The number of hydrogen-bond donors (Lipinski definition) is 0. The minimum absolute atomic E-state index is 0.106. The third-order valence-corrected chi connectivity index (χ3v) is 1.55. The molecule has 0 radical (unpaired) electrons. The van der Waals surface area contributed by atoms with Crippen LogP contribution in [0, 0.1) is 5.92 Å². The molecule has 1 unspecified atom stereocenters. The van der Waals surface area contributed by atoms with E-state index in [0.717, 1.165) is 12.8 Å². The van der Waals surface area contributed by atoms with Gasteiger partial charge in [-0.2, -0.15) is 0 Å². The van der Waals surface area contributed by atoms with E-state index in [1.165, 1.54) is 6.08 Å². The highest BCUT2D eigenvalue weighted by Gasteiger charge is 2.09. The average molecular weight is 138 g/mol. The first kappa shape index (κ1) is 9.15. The van der Waals surface area contributed by atoms with E-state index in [9.17, 15) is 4.79 Å². The second-order valence-electron chi connectivity index (χ2n) is 2.24. The molecule has 56 valence electrons. The van der Waals surface area contributed by atoms with Crippen LogP contribution in [0.3, 0.4) is 0 Å². The van der Waals surface area contributed by atoms with Gasteiger partial charge in [0, 0.05) is 5.92 Å². The van der Waals surface area contributed by atoms with Crippen molar-refractivity contribution in [1.82, 2.24) is 0 Å². The Kier molecular flexibility index (Phi) is 4.55. The highest BCUT2D eigenvalue weighted by atomic mass is 16.1. The van der Waals surface area contributed by atoms with E-state index in [1.54, 1.807) is 6.08 Å². The minimum atomic E-state index is 0.106. The SMILES string of the molecule is C=CCC(CC)C(=O)C=C. The molecular weight excluding hydrogens is 124 g/mol. The zero-order valence-electron chi connectivity index (χ0n) is 6.47. The second kappa shape index (κ2) is 4.98. The number of hydrogen-bond acceptors (Lipinski definition) is 1. The molecular formula is C9H14O. The summed E-state index contributed by atoms with van der Waals surface area (Å²) in [5.41, 5.74) is 0. The lowest BCUT2D eigenvalue weighted by molar-refractivity contribution is -0.118. The first-order chi connectivity index (χ1) is 4.76. The van der Waals surface area contributed by atoms with Crippen LogP contribution in [-0.2, 0) is 4.79 Å². The van der Waals surface area contributed by atoms with Crippen LogP contribution in [0.5, 0.6) is 0 Å². The Bertz CT molecular complexity index is 136. The molecule has 0 aliphatic rings. The molecule has 0 aliphatic heterocycles. The molecule has 0 saturated heterocycles. The van der Waals surface area contributed by atoms with Crippen molar-refractivity contribution >= 4 is 5.78 Å². The fraction of sp³-hybridized carbons (Fsp3) is 0.444. The molecule has 0 N–H and O–H groups in total. The molecule has 0 amide bonds. The predicted octanol–water partition coefficient (Wildman–Crippen LogP) is 2.34. The van der Waals surface area contributed by atoms with Crippen LogP contribution in [0.15, 0.2) is 25.3 Å². The van der Waals surface area contributed by atoms with Crippen LogP contribution in [0.2, 0.25) is 0 Å². The molecule has 0 rings (SSSR count). The molecule has 0 aromatic carbocycles. The van der Waals surface area contributed by atoms with Gasteiger partial charge in [0.1, 0.15) is 0 Å². The first-order valence-corrected chi connectivity index (χ1v) is 3.53. The maximum Gasteiger partial charge on any atom is 0.158 e. The summed E-state index contributed by atoms with van der Waals surface area (Å²) >= 11 is 0. The average Bonchev–Trinajstić information content (AvgIpc) is 1.99. The molecule has 0 saturated carbocycles. The van der Waals surface area contributed by atoms with Gasteiger partial charge >= 0.3 is 0 Å². The van der Waals surface area contributed by atoms with Gasteiger partial charge in [0.15, 0.2) is 5.78 Å². The molecule has 0 bridgehead atoms. The van der Waals surface area contributed by atoms with Gasteiger partial charge in [-0.05, 0) is 18.9 Å². The van der Waals surface area contributed by atoms with Crippen LogP contribution in [-0.4, -0.2) is 5.78 Å². The monoisotopic (exact) mass is 138 g/mol. The van der Waals surface area contributed by atoms with E-state index < -0.39 is 0 Å². The maximum atomic E-state index is 11.0. The van der Waals surface area contributed by atoms with Gasteiger partial charge in [-0.1, -0.05) is 19.6 Å². The Morgan fingerprint density at radius 3 is 2.50 bits per heavy atom. The zero-order valence-corrected chi connectivity index (χ0v) is 6.47. The molecule has 0 aromatic rings. The van der Waals surface area contributed by atoms with Crippen molar-refractivity contribution in [3.8, 4) is 0 Å². The topological polar surface area (TPSA) is 17.1 Å². The van der Waals surface area contributed by atoms with Gasteiger partial charge in [-0.3, -0.25) is 4.79 Å². The number of carbonyl (C=O) groups is 1. The highest BCUT2D eigenvalue weighted by Crippen LogP contribution is 2.09. The van der Waals surface area contributed by atoms with Crippen molar-refractivity contribution in [2.24, 2.45) is 5.92 Å². The van der Waals surface area contributed by atoms with Gasteiger partial charge in [-0.25, -0.2) is 0 Å². The number of allylic oxidation sites excluding steroid dienone is 2. The summed E-state index contributed by atoms with van der Waals surface area (Å²) in [5, 5.41) is 0. The summed E-state index contributed by atoms with van der Waals surface area (Å²) in [6.45, 7) is 9.00. The third-order valence-electron chi connectivity index (χ3n) is 1.55. The first-order valence-electron chi connectivity index (χ1n) is 3.53. The lowest BCUT2D eigenvalue weighted by Crippen LogP contribution is -2.09. The standard InChI is InChI=1S/C9H14O/c1-4-7-8(5-2)9(10)6-3/h4,6,8H,1,3,5,7H2,2H3. The van der Waals surface area contributed by atoms with E-state index >= 15 is 0 Å². The number of rotatable bonds is 5. The summed E-state index contributed by atoms with van der Waals surface area (Å²) in [6.07, 6.45) is 4.80. The van der Waals surface area contributed by atoms with Gasteiger partial charge in [0.2, 0.25) is 0 Å². The summed E-state index contributed by atoms with van der Waals surface area (Å²) in [7, 11) is 0. The van der Waals surface area contributed by atoms with E-state index in [0.29, 0.717) is 0 Å². The summed E-state index contributed by atoms with van der Waals surface area (Å²) in [5.74, 6) is 0.234. The highest BCUT2D eigenvalue weighted by molar-refractivity contribution is 5.91. The van der Waals surface area contributed by atoms with Crippen molar-refractivity contribution < 1.29 is 4.79 Å². The normalized spacial score (nSPS) is 12.1. The summed E-state index contributed by atoms with van der Waals surface area (Å²) in [4.78, 5) is 11.0. The Morgan fingerprint density at radius 1 is 1.60 bits per heavy atom. The molecule has 0 fully saturated rings. The van der Waals surface area contributed by atoms with E-state index in [4.69, 9.17) is 0 Å². The molecule has 1 heteroatoms. The Hall–Kier alpha value is -0.850. The molecule has 0 spiro atoms. The molecule has 1 atom stereocenters. The largest absolute Gasteiger partial charge is 0.295 e. The van der Waals surface area contributed by atoms with Crippen molar-refractivity contribution in [2.75, 3.05) is 0 Å². The van der Waals surface area contributed by atoms with E-state index in [2.05, 4.69) is 13.2 Å². The Labute approximate surface area is 62.4 Å². The van der Waals surface area contributed by atoms with Crippen LogP contribution in [0.4, 0.5) is 0 Å². The van der Waals surface area contributed by atoms with Gasteiger partial charge < -0.3 is 0 Å². The van der Waals surface area contributed by atoms with Crippen LogP contribution in [0.1, 0.15) is 19.8 Å². The molecule has 10 heavy (non-hydrogen) atoms. The van der Waals surface area contributed by atoms with E-state index in [1.807, 2.05) is 6.92 Å². The predicted molar refractivity (Wildman–Crippen MR) is 43.8 cm³/mol.